The Morgan fingerprint density at radius 2 is 1.68 bits per heavy atom. The number of rotatable bonds is 6. The Morgan fingerprint density at radius 1 is 0.950 bits per heavy atom. The smallest absolute Gasteiger partial charge is 0.414 e. The highest BCUT2D eigenvalue weighted by molar-refractivity contribution is 7.89. The summed E-state index contributed by atoms with van der Waals surface area (Å²) >= 11 is 1.29. The number of hydrogen-bond acceptors (Lipinski definition) is 8. The van der Waals surface area contributed by atoms with Crippen LogP contribution in [0.3, 0.4) is 0 Å². The molecule has 0 saturated carbocycles. The van der Waals surface area contributed by atoms with Crippen LogP contribution in [0.4, 0.5) is 9.80 Å². The van der Waals surface area contributed by atoms with Gasteiger partial charge in [-0.1, -0.05) is 24.3 Å². The van der Waals surface area contributed by atoms with E-state index in [1.165, 1.54) is 39.9 Å². The average Bonchev–Trinajstić information content (AvgIpc) is 3.29. The Bertz CT molecular complexity index is 1570. The number of nitrogens with zero attached hydrogens (tertiary/aromatic N) is 2. The van der Waals surface area contributed by atoms with Gasteiger partial charge in [-0.3, -0.25) is 14.9 Å². The first-order chi connectivity index (χ1) is 19.2. The number of nitrogens with one attached hydrogen (secondary N) is 2. The third kappa shape index (κ3) is 5.66. The number of alkyl carbamates (subject to hydrolysis) is 1. The molecule has 40 heavy (non-hydrogen) atoms. The van der Waals surface area contributed by atoms with E-state index in [2.05, 4.69) is 15.5 Å². The zero-order chi connectivity index (χ0) is 28.4. The molecule has 0 fully saturated rings. The van der Waals surface area contributed by atoms with E-state index in [0.29, 0.717) is 37.5 Å². The van der Waals surface area contributed by atoms with Crippen LogP contribution in [0.5, 0.6) is 0 Å². The lowest BCUT2D eigenvalue weighted by Gasteiger charge is -2.28. The minimum Gasteiger partial charge on any atom is -0.450 e. The molecule has 0 spiro atoms. The Balaban J connectivity index is 1.35. The van der Waals surface area contributed by atoms with Crippen molar-refractivity contribution in [1.82, 2.24) is 14.5 Å². The summed E-state index contributed by atoms with van der Waals surface area (Å²) in [7, 11) is -1.78. The minimum absolute atomic E-state index is 0.104. The van der Waals surface area contributed by atoms with Crippen LogP contribution >= 0.6 is 11.3 Å². The Labute approximate surface area is 237 Å². The van der Waals surface area contributed by atoms with Crippen LogP contribution < -0.4 is 10.6 Å². The van der Waals surface area contributed by atoms with Crippen molar-refractivity contribution in [3.05, 3.63) is 81.2 Å². The number of benzene rings is 2. The first-order valence-corrected chi connectivity index (χ1v) is 15.2. The van der Waals surface area contributed by atoms with Crippen molar-refractivity contribution in [3.63, 3.8) is 0 Å². The van der Waals surface area contributed by atoms with Crippen LogP contribution in [0.15, 0.2) is 53.4 Å². The monoisotopic (exact) mass is 582 g/mol. The Kier molecular flexibility index (Phi) is 8.04. The lowest BCUT2D eigenvalue weighted by atomic mass is 10.0. The number of carbonyl (C=O) groups is 3. The van der Waals surface area contributed by atoms with E-state index in [1.807, 2.05) is 31.3 Å². The van der Waals surface area contributed by atoms with E-state index in [0.717, 1.165) is 28.1 Å². The number of amides is 3. The van der Waals surface area contributed by atoms with Crippen LogP contribution in [0.25, 0.3) is 0 Å². The molecule has 1 aromatic heterocycles. The summed E-state index contributed by atoms with van der Waals surface area (Å²) in [4.78, 5) is 41.3. The van der Waals surface area contributed by atoms with Crippen molar-refractivity contribution in [1.29, 1.82) is 0 Å². The van der Waals surface area contributed by atoms with Crippen molar-refractivity contribution >= 4 is 44.3 Å². The van der Waals surface area contributed by atoms with Crippen LogP contribution in [0.2, 0.25) is 0 Å². The van der Waals surface area contributed by atoms with Gasteiger partial charge in [0.05, 0.1) is 17.1 Å². The predicted octanol–water partition coefficient (Wildman–Crippen LogP) is 3.62. The van der Waals surface area contributed by atoms with Gasteiger partial charge in [0.25, 0.3) is 11.8 Å². The average molecular weight is 583 g/mol. The molecule has 2 aromatic carbocycles. The molecule has 3 heterocycles. The SMILES string of the molecule is CCOC(=O)NC(=O)c1c(NC(=O)c2ccc(S(=O)(=O)N3CCc4ccccc4C3)cc2)sc2c1CCN(C)C2. The molecule has 5 rings (SSSR count). The van der Waals surface area contributed by atoms with E-state index in [-0.39, 0.29) is 22.6 Å². The fourth-order valence-corrected chi connectivity index (χ4v) is 7.70. The molecule has 0 unspecified atom stereocenters. The first kappa shape index (κ1) is 28.0. The molecule has 2 aliphatic heterocycles. The zero-order valence-corrected chi connectivity index (χ0v) is 23.9. The molecule has 2 N–H and O–H groups in total. The third-order valence-electron chi connectivity index (χ3n) is 7.04. The van der Waals surface area contributed by atoms with Crippen molar-refractivity contribution in [3.8, 4) is 0 Å². The summed E-state index contributed by atoms with van der Waals surface area (Å²) < 4.78 is 32.9. The molecular formula is C28H30N4O6S2. The van der Waals surface area contributed by atoms with Gasteiger partial charge in [-0.2, -0.15) is 4.31 Å². The van der Waals surface area contributed by atoms with Gasteiger partial charge in [0.15, 0.2) is 0 Å². The van der Waals surface area contributed by atoms with Crippen molar-refractivity contribution in [2.24, 2.45) is 0 Å². The second-order valence-corrected chi connectivity index (χ2v) is 12.7. The predicted molar refractivity (Wildman–Crippen MR) is 151 cm³/mol. The summed E-state index contributed by atoms with van der Waals surface area (Å²) in [6.45, 7) is 3.79. The van der Waals surface area contributed by atoms with E-state index in [4.69, 9.17) is 4.74 Å². The molecule has 0 atom stereocenters. The van der Waals surface area contributed by atoms with E-state index < -0.39 is 27.9 Å². The number of fused-ring (bicyclic) bond motifs is 2. The summed E-state index contributed by atoms with van der Waals surface area (Å²) in [5.41, 5.74) is 3.42. The van der Waals surface area contributed by atoms with E-state index >= 15 is 0 Å². The fourth-order valence-electron chi connectivity index (χ4n) is 4.96. The highest BCUT2D eigenvalue weighted by Gasteiger charge is 2.30. The van der Waals surface area contributed by atoms with E-state index in [9.17, 15) is 22.8 Å². The molecule has 0 bridgehead atoms. The maximum absolute atomic E-state index is 13.3. The highest BCUT2D eigenvalue weighted by atomic mass is 32.2. The first-order valence-electron chi connectivity index (χ1n) is 13.0. The number of anilines is 1. The van der Waals surface area contributed by atoms with Crippen molar-refractivity contribution in [2.75, 3.05) is 32.1 Å². The molecule has 210 valence electrons. The molecule has 0 saturated heterocycles. The number of ether oxygens (including phenoxy) is 1. The number of hydrogen-bond donors (Lipinski definition) is 2. The quantitative estimate of drug-likeness (QED) is 0.455. The number of sulfonamides is 1. The number of likely N-dealkylation sites (N-methyl/N-ethyl adjacent to an activating group) is 1. The number of imide groups is 1. The van der Waals surface area contributed by atoms with Gasteiger partial charge in [-0.15, -0.1) is 11.3 Å². The van der Waals surface area contributed by atoms with Crippen LogP contribution in [0, 0.1) is 0 Å². The van der Waals surface area contributed by atoms with Gasteiger partial charge in [0.1, 0.15) is 5.00 Å². The molecule has 0 aliphatic carbocycles. The van der Waals surface area contributed by atoms with Crippen LogP contribution in [0.1, 0.15) is 49.2 Å². The lowest BCUT2D eigenvalue weighted by molar-refractivity contribution is 0.0924. The van der Waals surface area contributed by atoms with Crippen molar-refractivity contribution < 1.29 is 27.5 Å². The molecule has 10 nitrogen and oxygen atoms in total. The summed E-state index contributed by atoms with van der Waals surface area (Å²) in [5, 5.41) is 5.37. The molecule has 3 amide bonds. The molecule has 2 aliphatic rings. The molecule has 12 heteroatoms. The van der Waals surface area contributed by atoms with Gasteiger partial charge in [0.2, 0.25) is 10.0 Å². The molecule has 3 aromatic rings. The van der Waals surface area contributed by atoms with Crippen LogP contribution in [-0.4, -0.2) is 62.3 Å². The maximum Gasteiger partial charge on any atom is 0.414 e. The summed E-state index contributed by atoms with van der Waals surface area (Å²) in [6, 6.07) is 13.6. The number of carbonyl (C=O) groups excluding carboxylic acids is 3. The van der Waals surface area contributed by atoms with Gasteiger partial charge < -0.3 is 15.0 Å². The Morgan fingerprint density at radius 3 is 2.40 bits per heavy atom. The van der Waals surface area contributed by atoms with Gasteiger partial charge in [-0.05, 0) is 67.8 Å². The number of thiophene rings is 1. The summed E-state index contributed by atoms with van der Waals surface area (Å²) in [6.07, 6.45) is 0.381. The van der Waals surface area contributed by atoms with E-state index in [1.54, 1.807) is 6.92 Å². The molecular weight excluding hydrogens is 552 g/mol. The van der Waals surface area contributed by atoms with Gasteiger partial charge >= 0.3 is 6.09 Å². The van der Waals surface area contributed by atoms with Gasteiger partial charge in [0, 0.05) is 36.6 Å². The second-order valence-electron chi connectivity index (χ2n) is 9.71. The minimum atomic E-state index is -3.75. The normalized spacial score (nSPS) is 15.6. The van der Waals surface area contributed by atoms with Gasteiger partial charge in [-0.25, -0.2) is 13.2 Å². The zero-order valence-electron chi connectivity index (χ0n) is 22.2. The highest BCUT2D eigenvalue weighted by Crippen LogP contribution is 2.37. The largest absolute Gasteiger partial charge is 0.450 e. The van der Waals surface area contributed by atoms with Crippen molar-refractivity contribution in [2.45, 2.75) is 37.8 Å². The second kappa shape index (κ2) is 11.5. The third-order valence-corrected chi connectivity index (χ3v) is 10.0. The fraction of sp³-hybridized carbons (Fsp3) is 0.321. The standard InChI is InChI=1S/C28H30N4O6S2/c1-3-38-28(35)30-26(34)24-22-13-14-31(2)17-23(22)39-27(24)29-25(33)19-8-10-21(11-9-19)40(36,37)32-15-12-18-6-4-5-7-20(18)16-32/h4-11H,3,12-17H2,1-2H3,(H,29,33)(H,30,34,35). The summed E-state index contributed by atoms with van der Waals surface area (Å²) in [5.74, 6) is -1.13. The maximum atomic E-state index is 13.3. The lowest BCUT2D eigenvalue weighted by Crippen LogP contribution is -2.35. The van der Waals surface area contributed by atoms with Crippen LogP contribution in [-0.2, 0) is 40.7 Å². The topological polar surface area (TPSA) is 125 Å². The molecule has 0 radical (unpaired) electrons. The Hall–Kier alpha value is -3.58.